The van der Waals surface area contributed by atoms with E-state index in [1.165, 1.54) is 129 Å². The van der Waals surface area contributed by atoms with Gasteiger partial charge in [-0.3, -0.25) is 4.90 Å². The standard InChI is InChI=1S/C26H55N/c1-6-8-10-12-14-16-18-20-22-24-27(26(3,4)5)25-23-21-19-17-15-13-11-9-7-2/h6-25H2,1-5H3. The van der Waals surface area contributed by atoms with E-state index in [9.17, 15) is 0 Å². The molecule has 0 aliphatic carbocycles. The summed E-state index contributed by atoms with van der Waals surface area (Å²) in [6.45, 7) is 14.4. The molecule has 0 fully saturated rings. The fourth-order valence-corrected chi connectivity index (χ4v) is 4.01. The summed E-state index contributed by atoms with van der Waals surface area (Å²) in [6, 6.07) is 0. The monoisotopic (exact) mass is 381 g/mol. The van der Waals surface area contributed by atoms with Crippen LogP contribution in [0.3, 0.4) is 0 Å². The number of hydrogen-bond acceptors (Lipinski definition) is 1. The molecule has 0 aliphatic heterocycles. The van der Waals surface area contributed by atoms with Gasteiger partial charge in [-0.25, -0.2) is 0 Å². The normalized spacial score (nSPS) is 12.2. The first-order chi connectivity index (χ1) is 13.0. The first kappa shape index (κ1) is 27.0. The summed E-state index contributed by atoms with van der Waals surface area (Å²) < 4.78 is 0. The molecule has 0 atom stereocenters. The highest BCUT2D eigenvalue weighted by molar-refractivity contribution is 4.76. The highest BCUT2D eigenvalue weighted by Crippen LogP contribution is 2.18. The molecule has 0 aromatic carbocycles. The van der Waals surface area contributed by atoms with Crippen LogP contribution < -0.4 is 0 Å². The van der Waals surface area contributed by atoms with Gasteiger partial charge in [0.2, 0.25) is 0 Å². The minimum Gasteiger partial charge on any atom is -0.298 e. The molecule has 27 heavy (non-hydrogen) atoms. The van der Waals surface area contributed by atoms with E-state index in [0.29, 0.717) is 5.54 Å². The van der Waals surface area contributed by atoms with Crippen molar-refractivity contribution in [3.8, 4) is 0 Å². The smallest absolute Gasteiger partial charge is 0.0125 e. The highest BCUT2D eigenvalue weighted by Gasteiger charge is 2.19. The summed E-state index contributed by atoms with van der Waals surface area (Å²) in [4.78, 5) is 2.75. The fourth-order valence-electron chi connectivity index (χ4n) is 4.01. The molecule has 0 aromatic heterocycles. The quantitative estimate of drug-likeness (QED) is 0.190. The van der Waals surface area contributed by atoms with Gasteiger partial charge in [-0.15, -0.1) is 0 Å². The minimum atomic E-state index is 0.334. The highest BCUT2D eigenvalue weighted by atomic mass is 15.2. The average Bonchev–Trinajstić information content (AvgIpc) is 2.62. The largest absolute Gasteiger partial charge is 0.298 e. The molecular weight excluding hydrogens is 326 g/mol. The van der Waals surface area contributed by atoms with Crippen LogP contribution in [0.15, 0.2) is 0 Å². The zero-order chi connectivity index (χ0) is 20.2. The van der Waals surface area contributed by atoms with Crippen molar-refractivity contribution < 1.29 is 0 Å². The predicted octanol–water partition coefficient (Wildman–Crippen LogP) is 9.15. The molecule has 0 heterocycles. The summed E-state index contributed by atoms with van der Waals surface area (Å²) in [7, 11) is 0. The maximum atomic E-state index is 2.75. The first-order valence-corrected chi connectivity index (χ1v) is 12.8. The fraction of sp³-hybridized carbons (Fsp3) is 1.00. The van der Waals surface area contributed by atoms with E-state index in [1.54, 1.807) is 0 Å². The Hall–Kier alpha value is -0.0400. The molecule has 0 unspecified atom stereocenters. The van der Waals surface area contributed by atoms with Crippen LogP contribution >= 0.6 is 0 Å². The van der Waals surface area contributed by atoms with Crippen molar-refractivity contribution in [3.63, 3.8) is 0 Å². The van der Waals surface area contributed by atoms with Crippen molar-refractivity contribution in [3.05, 3.63) is 0 Å². The third-order valence-corrected chi connectivity index (χ3v) is 6.01. The second-order valence-corrected chi connectivity index (χ2v) is 9.81. The molecule has 0 bridgehead atoms. The molecule has 164 valence electrons. The predicted molar refractivity (Wildman–Crippen MR) is 126 cm³/mol. The molecule has 0 rings (SSSR count). The lowest BCUT2D eigenvalue weighted by Gasteiger charge is -2.36. The lowest BCUT2D eigenvalue weighted by molar-refractivity contribution is 0.130. The van der Waals surface area contributed by atoms with Crippen LogP contribution in [0.1, 0.15) is 150 Å². The number of hydrogen-bond donors (Lipinski definition) is 0. The SMILES string of the molecule is CCCCCCCCCCCN(CCCCCCCCCCC)C(C)(C)C. The molecule has 0 radical (unpaired) electrons. The molecule has 1 nitrogen and oxygen atoms in total. The molecule has 0 aliphatic rings. The van der Waals surface area contributed by atoms with E-state index in [-0.39, 0.29) is 0 Å². The molecular formula is C26H55N. The van der Waals surface area contributed by atoms with Gasteiger partial charge < -0.3 is 0 Å². The Kier molecular flexibility index (Phi) is 19.3. The van der Waals surface area contributed by atoms with Crippen molar-refractivity contribution in [1.29, 1.82) is 0 Å². The van der Waals surface area contributed by atoms with Gasteiger partial charge in [0.25, 0.3) is 0 Å². The van der Waals surface area contributed by atoms with Gasteiger partial charge >= 0.3 is 0 Å². The lowest BCUT2D eigenvalue weighted by atomic mass is 10.0. The summed E-state index contributed by atoms with van der Waals surface area (Å²) in [5, 5.41) is 0. The molecule has 0 N–H and O–H groups in total. The summed E-state index contributed by atoms with van der Waals surface area (Å²) in [5.74, 6) is 0. The average molecular weight is 382 g/mol. The Morgan fingerprint density at radius 1 is 0.407 bits per heavy atom. The van der Waals surface area contributed by atoms with E-state index in [4.69, 9.17) is 0 Å². The topological polar surface area (TPSA) is 3.24 Å². The van der Waals surface area contributed by atoms with Crippen molar-refractivity contribution in [1.82, 2.24) is 4.90 Å². The third-order valence-electron chi connectivity index (χ3n) is 6.01. The maximum Gasteiger partial charge on any atom is 0.0125 e. The van der Waals surface area contributed by atoms with E-state index in [2.05, 4.69) is 39.5 Å². The van der Waals surface area contributed by atoms with Gasteiger partial charge in [0.15, 0.2) is 0 Å². The summed E-state index contributed by atoms with van der Waals surface area (Å²) >= 11 is 0. The van der Waals surface area contributed by atoms with Crippen LogP contribution in [0.5, 0.6) is 0 Å². The van der Waals surface area contributed by atoms with Gasteiger partial charge in [-0.1, -0.05) is 117 Å². The zero-order valence-electron chi connectivity index (χ0n) is 20.1. The van der Waals surface area contributed by atoms with Crippen molar-refractivity contribution in [2.75, 3.05) is 13.1 Å². The Bertz CT molecular complexity index is 256. The third kappa shape index (κ3) is 19.1. The minimum absolute atomic E-state index is 0.334. The molecule has 1 heteroatoms. The zero-order valence-corrected chi connectivity index (χ0v) is 20.1. The van der Waals surface area contributed by atoms with Crippen LogP contribution in [0.4, 0.5) is 0 Å². The Labute approximate surface area is 174 Å². The second kappa shape index (κ2) is 19.3. The van der Waals surface area contributed by atoms with Crippen molar-refractivity contribution >= 4 is 0 Å². The van der Waals surface area contributed by atoms with E-state index < -0.39 is 0 Å². The van der Waals surface area contributed by atoms with Gasteiger partial charge in [-0.05, 0) is 46.7 Å². The summed E-state index contributed by atoms with van der Waals surface area (Å²) in [6.07, 6.45) is 25.8. The molecule has 0 amide bonds. The second-order valence-electron chi connectivity index (χ2n) is 9.81. The molecule has 0 aromatic rings. The summed E-state index contributed by atoms with van der Waals surface area (Å²) in [5.41, 5.74) is 0.334. The van der Waals surface area contributed by atoms with Crippen LogP contribution in [0.25, 0.3) is 0 Å². The van der Waals surface area contributed by atoms with Gasteiger partial charge in [0, 0.05) is 5.54 Å². The Morgan fingerprint density at radius 2 is 0.667 bits per heavy atom. The van der Waals surface area contributed by atoms with Crippen LogP contribution in [0.2, 0.25) is 0 Å². The van der Waals surface area contributed by atoms with Gasteiger partial charge in [-0.2, -0.15) is 0 Å². The Balaban J connectivity index is 3.63. The van der Waals surface area contributed by atoms with E-state index >= 15 is 0 Å². The molecule has 0 saturated heterocycles. The molecule has 0 saturated carbocycles. The first-order valence-electron chi connectivity index (χ1n) is 12.8. The van der Waals surface area contributed by atoms with E-state index in [0.717, 1.165) is 0 Å². The number of rotatable bonds is 20. The maximum absolute atomic E-state index is 2.75. The molecule has 0 spiro atoms. The van der Waals surface area contributed by atoms with Crippen LogP contribution in [-0.4, -0.2) is 23.5 Å². The van der Waals surface area contributed by atoms with Crippen LogP contribution in [0, 0.1) is 0 Å². The number of nitrogens with zero attached hydrogens (tertiary/aromatic N) is 1. The van der Waals surface area contributed by atoms with Gasteiger partial charge in [0.1, 0.15) is 0 Å². The van der Waals surface area contributed by atoms with Crippen molar-refractivity contribution in [2.24, 2.45) is 0 Å². The number of unbranched alkanes of at least 4 members (excludes halogenated alkanes) is 16. The van der Waals surface area contributed by atoms with Gasteiger partial charge in [0.05, 0.1) is 0 Å². The van der Waals surface area contributed by atoms with Crippen molar-refractivity contribution in [2.45, 2.75) is 156 Å². The Morgan fingerprint density at radius 3 is 0.926 bits per heavy atom. The lowest BCUT2D eigenvalue weighted by Crippen LogP contribution is -2.42. The van der Waals surface area contributed by atoms with E-state index in [1.807, 2.05) is 0 Å². The van der Waals surface area contributed by atoms with Crippen LogP contribution in [-0.2, 0) is 0 Å².